The summed E-state index contributed by atoms with van der Waals surface area (Å²) in [4.78, 5) is 0. The van der Waals surface area contributed by atoms with E-state index >= 15 is 0 Å². The molecule has 0 saturated carbocycles. The second kappa shape index (κ2) is 4.72. The van der Waals surface area contributed by atoms with Crippen LogP contribution in [0.5, 0.6) is 0 Å². The van der Waals surface area contributed by atoms with Crippen molar-refractivity contribution < 1.29 is 8.42 Å². The lowest BCUT2D eigenvalue weighted by Crippen LogP contribution is -2.39. The fraction of sp³-hybridized carbons (Fsp3) is 0.385. The lowest BCUT2D eigenvalue weighted by molar-refractivity contribution is 0.588. The number of hydrogen-bond donors (Lipinski definition) is 0. The van der Waals surface area contributed by atoms with E-state index in [1.54, 1.807) is 12.2 Å². The number of anilines is 2. The average Bonchev–Trinajstić information content (AvgIpc) is 2.63. The maximum absolute atomic E-state index is 12.5. The molecular weight excluding hydrogens is 284 g/mol. The highest BCUT2D eigenvalue weighted by Crippen LogP contribution is 2.45. The van der Waals surface area contributed by atoms with Gasteiger partial charge in [0.05, 0.1) is 17.9 Å². The van der Waals surface area contributed by atoms with Crippen LogP contribution in [0, 0.1) is 0 Å². The van der Waals surface area contributed by atoms with Crippen molar-refractivity contribution in [1.29, 1.82) is 0 Å². The number of alkyl halides is 1. The second-order valence-electron chi connectivity index (χ2n) is 4.63. The predicted octanol–water partition coefficient (Wildman–Crippen LogP) is 2.30. The summed E-state index contributed by atoms with van der Waals surface area (Å²) in [7, 11) is -3.42. The molecule has 4 nitrogen and oxygen atoms in total. The summed E-state index contributed by atoms with van der Waals surface area (Å²) in [5.41, 5.74) is 2.78. The van der Waals surface area contributed by atoms with Crippen molar-refractivity contribution in [1.82, 2.24) is 0 Å². The molecule has 0 aromatic heterocycles. The summed E-state index contributed by atoms with van der Waals surface area (Å²) < 4.78 is 28.1. The van der Waals surface area contributed by atoms with Crippen molar-refractivity contribution in [3.05, 3.63) is 35.9 Å². The Labute approximate surface area is 118 Å². The summed E-state index contributed by atoms with van der Waals surface area (Å²) >= 11 is 5.58. The van der Waals surface area contributed by atoms with E-state index in [4.69, 9.17) is 11.6 Å². The van der Waals surface area contributed by atoms with Crippen molar-refractivity contribution in [3.63, 3.8) is 0 Å². The monoisotopic (exact) mass is 298 g/mol. The molecule has 2 aliphatic heterocycles. The fourth-order valence-corrected chi connectivity index (χ4v) is 4.53. The van der Waals surface area contributed by atoms with Crippen molar-refractivity contribution >= 4 is 33.2 Å². The maximum atomic E-state index is 12.5. The number of rotatable bonds is 3. The summed E-state index contributed by atoms with van der Waals surface area (Å²) in [6.45, 7) is 0.907. The van der Waals surface area contributed by atoms with Crippen molar-refractivity contribution in [2.75, 3.05) is 27.6 Å². The van der Waals surface area contributed by atoms with Gasteiger partial charge < -0.3 is 0 Å². The Kier molecular flexibility index (Phi) is 3.19. The number of allylic oxidation sites excluding steroid dienone is 1. The van der Waals surface area contributed by atoms with E-state index < -0.39 is 10.2 Å². The van der Waals surface area contributed by atoms with E-state index in [2.05, 4.69) is 0 Å². The predicted molar refractivity (Wildman–Crippen MR) is 78.2 cm³/mol. The molecule has 2 aliphatic rings. The van der Waals surface area contributed by atoms with Gasteiger partial charge in [0.2, 0.25) is 0 Å². The Morgan fingerprint density at radius 1 is 1.32 bits per heavy atom. The molecule has 0 bridgehead atoms. The fourth-order valence-electron chi connectivity index (χ4n) is 2.69. The van der Waals surface area contributed by atoms with Crippen LogP contribution in [0.2, 0.25) is 0 Å². The Balaban J connectivity index is 2.08. The van der Waals surface area contributed by atoms with Crippen LogP contribution >= 0.6 is 11.6 Å². The number of halogens is 1. The molecular formula is C13H15ClN2O2S. The van der Waals surface area contributed by atoms with Crippen LogP contribution in [0.25, 0.3) is 0 Å². The zero-order valence-electron chi connectivity index (χ0n) is 10.4. The minimum Gasteiger partial charge on any atom is -0.251 e. The standard InChI is InChI=1S/C13H15ClN2O2S/c14-8-1-2-9-15-12-7-3-5-11-6-4-10-16(13(11)12)19(15,17)18/h1-3,5,7H,4,6,8-10H2/b2-1-. The van der Waals surface area contributed by atoms with Crippen LogP contribution in [-0.4, -0.2) is 27.4 Å². The van der Waals surface area contributed by atoms with Gasteiger partial charge in [0.1, 0.15) is 0 Å². The van der Waals surface area contributed by atoms with Crippen LogP contribution in [0.4, 0.5) is 11.4 Å². The first kappa shape index (κ1) is 12.8. The maximum Gasteiger partial charge on any atom is 0.326 e. The molecule has 0 N–H and O–H groups in total. The van der Waals surface area contributed by atoms with Gasteiger partial charge in [0, 0.05) is 12.4 Å². The minimum atomic E-state index is -3.42. The summed E-state index contributed by atoms with van der Waals surface area (Å²) in [5, 5.41) is 0. The molecule has 0 atom stereocenters. The van der Waals surface area contributed by atoms with Crippen LogP contribution in [-0.2, 0) is 16.6 Å². The quantitative estimate of drug-likeness (QED) is 0.634. The highest BCUT2D eigenvalue weighted by molar-refractivity contribution is 7.94. The van der Waals surface area contributed by atoms with Gasteiger partial charge in [-0.2, -0.15) is 8.42 Å². The molecule has 0 saturated heterocycles. The number of aryl methyl sites for hydroxylation is 1. The van der Waals surface area contributed by atoms with Crippen LogP contribution in [0.15, 0.2) is 30.4 Å². The van der Waals surface area contributed by atoms with E-state index in [1.807, 2.05) is 18.2 Å². The first-order chi connectivity index (χ1) is 9.16. The van der Waals surface area contributed by atoms with Crippen LogP contribution in [0.3, 0.4) is 0 Å². The van der Waals surface area contributed by atoms with E-state index in [9.17, 15) is 8.42 Å². The topological polar surface area (TPSA) is 40.6 Å². The highest BCUT2D eigenvalue weighted by Gasteiger charge is 2.42. The molecule has 2 heterocycles. The van der Waals surface area contributed by atoms with Crippen LogP contribution < -0.4 is 8.61 Å². The third kappa shape index (κ3) is 1.92. The lowest BCUT2D eigenvalue weighted by atomic mass is 10.0. The van der Waals surface area contributed by atoms with Gasteiger partial charge in [-0.1, -0.05) is 24.3 Å². The molecule has 0 spiro atoms. The SMILES string of the molecule is O=S1(=O)N(C/C=C\CCl)c2cccc3c2N1CCC3. The van der Waals surface area contributed by atoms with E-state index in [1.165, 1.54) is 8.61 Å². The Hall–Kier alpha value is -1.20. The third-order valence-electron chi connectivity index (χ3n) is 3.51. The zero-order chi connectivity index (χ0) is 13.5. The number of para-hydroxylation sites is 1. The number of nitrogens with zero attached hydrogens (tertiary/aromatic N) is 2. The lowest BCUT2D eigenvalue weighted by Gasteiger charge is -2.24. The minimum absolute atomic E-state index is 0.335. The molecule has 102 valence electrons. The van der Waals surface area contributed by atoms with Crippen molar-refractivity contribution in [3.8, 4) is 0 Å². The van der Waals surface area contributed by atoms with E-state index in [0.29, 0.717) is 19.0 Å². The highest BCUT2D eigenvalue weighted by atomic mass is 35.5. The van der Waals surface area contributed by atoms with Crippen molar-refractivity contribution in [2.24, 2.45) is 0 Å². The molecule has 0 amide bonds. The smallest absolute Gasteiger partial charge is 0.251 e. The summed E-state index contributed by atoms with van der Waals surface area (Å²) in [6, 6.07) is 5.81. The molecule has 0 aliphatic carbocycles. The first-order valence-electron chi connectivity index (χ1n) is 6.29. The van der Waals surface area contributed by atoms with E-state index in [-0.39, 0.29) is 0 Å². The molecule has 0 radical (unpaired) electrons. The van der Waals surface area contributed by atoms with Gasteiger partial charge >= 0.3 is 10.2 Å². The van der Waals surface area contributed by atoms with Gasteiger partial charge in [-0.25, -0.2) is 4.31 Å². The Morgan fingerprint density at radius 3 is 2.95 bits per heavy atom. The molecule has 1 aromatic carbocycles. The molecule has 3 rings (SSSR count). The number of hydrogen-bond acceptors (Lipinski definition) is 2. The normalized spacial score (nSPS) is 20.1. The zero-order valence-corrected chi connectivity index (χ0v) is 12.0. The summed E-state index contributed by atoms with van der Waals surface area (Å²) in [5.74, 6) is 0.393. The van der Waals surface area contributed by atoms with Gasteiger partial charge in [-0.3, -0.25) is 4.31 Å². The first-order valence-corrected chi connectivity index (χ1v) is 8.22. The van der Waals surface area contributed by atoms with Gasteiger partial charge in [-0.15, -0.1) is 11.6 Å². The van der Waals surface area contributed by atoms with Crippen molar-refractivity contribution in [2.45, 2.75) is 12.8 Å². The van der Waals surface area contributed by atoms with Gasteiger partial charge in [0.25, 0.3) is 0 Å². The van der Waals surface area contributed by atoms with Crippen LogP contribution in [0.1, 0.15) is 12.0 Å². The van der Waals surface area contributed by atoms with Gasteiger partial charge in [0.15, 0.2) is 0 Å². The van der Waals surface area contributed by atoms with E-state index in [0.717, 1.165) is 29.8 Å². The average molecular weight is 299 g/mol. The molecule has 0 unspecified atom stereocenters. The Morgan fingerprint density at radius 2 is 2.16 bits per heavy atom. The largest absolute Gasteiger partial charge is 0.326 e. The van der Waals surface area contributed by atoms with Gasteiger partial charge in [-0.05, 0) is 24.5 Å². The molecule has 6 heteroatoms. The Bertz CT molecular complexity index is 628. The summed E-state index contributed by atoms with van der Waals surface area (Å²) in [6.07, 6.45) is 5.38. The third-order valence-corrected chi connectivity index (χ3v) is 5.51. The molecule has 1 aromatic rings. The second-order valence-corrected chi connectivity index (χ2v) is 6.71. The molecule has 0 fully saturated rings. The molecule has 19 heavy (non-hydrogen) atoms. The number of benzene rings is 1.